The van der Waals surface area contributed by atoms with Crippen LogP contribution < -0.4 is 10.6 Å². The number of benzene rings is 2. The maximum atomic E-state index is 13.0. The van der Waals surface area contributed by atoms with Gasteiger partial charge in [-0.05, 0) is 42.8 Å². The molecule has 2 aromatic rings. The van der Waals surface area contributed by atoms with Crippen molar-refractivity contribution in [2.75, 3.05) is 11.9 Å². The summed E-state index contributed by atoms with van der Waals surface area (Å²) in [5.74, 6) is -0.575. The zero-order valence-electron chi connectivity index (χ0n) is 11.6. The van der Waals surface area contributed by atoms with E-state index in [1.165, 1.54) is 12.1 Å². The number of halogens is 2. The molecule has 0 bridgehead atoms. The highest BCUT2D eigenvalue weighted by molar-refractivity contribution is 9.10. The van der Waals surface area contributed by atoms with Gasteiger partial charge in [0.05, 0.1) is 6.54 Å². The van der Waals surface area contributed by atoms with Crippen LogP contribution in [0.15, 0.2) is 53.0 Å². The highest BCUT2D eigenvalue weighted by atomic mass is 79.9. The molecule has 0 spiro atoms. The summed E-state index contributed by atoms with van der Waals surface area (Å²) < 4.78 is 14.0. The molecular formula is C16H16BrFN2O. The average Bonchev–Trinajstić information content (AvgIpc) is 2.45. The standard InChI is InChI=1S/C16H16BrFN2O/c1-11(12-5-7-13(17)8-6-12)19-10-16(21)20-15-4-2-3-14(18)9-15/h2-9,11,19H,10H2,1H3,(H,20,21). The first-order valence-electron chi connectivity index (χ1n) is 6.59. The summed E-state index contributed by atoms with van der Waals surface area (Å²) in [5, 5.41) is 5.78. The number of amides is 1. The van der Waals surface area contributed by atoms with Crippen molar-refractivity contribution in [3.8, 4) is 0 Å². The van der Waals surface area contributed by atoms with Crippen LogP contribution >= 0.6 is 15.9 Å². The SMILES string of the molecule is CC(NCC(=O)Nc1cccc(F)c1)c1ccc(Br)cc1. The molecule has 3 nitrogen and oxygen atoms in total. The zero-order valence-corrected chi connectivity index (χ0v) is 13.2. The van der Waals surface area contributed by atoms with Gasteiger partial charge in [-0.25, -0.2) is 4.39 Å². The van der Waals surface area contributed by atoms with Crippen LogP contribution in [0.4, 0.5) is 10.1 Å². The third kappa shape index (κ3) is 4.95. The summed E-state index contributed by atoms with van der Waals surface area (Å²) in [6.07, 6.45) is 0. The largest absolute Gasteiger partial charge is 0.325 e. The van der Waals surface area contributed by atoms with E-state index in [2.05, 4.69) is 26.6 Å². The van der Waals surface area contributed by atoms with Crippen molar-refractivity contribution >= 4 is 27.5 Å². The van der Waals surface area contributed by atoms with Crippen LogP contribution in [-0.2, 0) is 4.79 Å². The summed E-state index contributed by atoms with van der Waals surface area (Å²) in [6, 6.07) is 13.8. The third-order valence-electron chi connectivity index (χ3n) is 3.05. The molecule has 1 unspecified atom stereocenters. The van der Waals surface area contributed by atoms with E-state index in [4.69, 9.17) is 0 Å². The van der Waals surface area contributed by atoms with Gasteiger partial charge in [-0.2, -0.15) is 0 Å². The lowest BCUT2D eigenvalue weighted by Gasteiger charge is -2.14. The van der Waals surface area contributed by atoms with Gasteiger partial charge < -0.3 is 10.6 Å². The van der Waals surface area contributed by atoms with Gasteiger partial charge in [0.25, 0.3) is 0 Å². The lowest BCUT2D eigenvalue weighted by molar-refractivity contribution is -0.115. The molecule has 21 heavy (non-hydrogen) atoms. The first-order chi connectivity index (χ1) is 10.0. The van der Waals surface area contributed by atoms with E-state index in [0.717, 1.165) is 10.0 Å². The van der Waals surface area contributed by atoms with Crippen molar-refractivity contribution in [2.45, 2.75) is 13.0 Å². The quantitative estimate of drug-likeness (QED) is 0.859. The molecule has 2 rings (SSSR count). The van der Waals surface area contributed by atoms with Crippen molar-refractivity contribution in [2.24, 2.45) is 0 Å². The number of nitrogens with one attached hydrogen (secondary N) is 2. The third-order valence-corrected chi connectivity index (χ3v) is 3.58. The molecule has 0 aliphatic carbocycles. The number of carbonyl (C=O) groups is 1. The molecule has 1 amide bonds. The van der Waals surface area contributed by atoms with Crippen molar-refractivity contribution in [1.29, 1.82) is 0 Å². The van der Waals surface area contributed by atoms with Crippen LogP contribution in [0.3, 0.4) is 0 Å². The Kier molecular flexibility index (Phi) is 5.47. The maximum Gasteiger partial charge on any atom is 0.238 e. The van der Waals surface area contributed by atoms with Crippen molar-refractivity contribution in [3.63, 3.8) is 0 Å². The van der Waals surface area contributed by atoms with E-state index in [1.807, 2.05) is 31.2 Å². The molecule has 1 atom stereocenters. The predicted octanol–water partition coefficient (Wildman–Crippen LogP) is 3.88. The number of carbonyl (C=O) groups excluding carboxylic acids is 1. The van der Waals surface area contributed by atoms with Gasteiger partial charge in [-0.1, -0.05) is 34.1 Å². The van der Waals surface area contributed by atoms with Crippen LogP contribution in [0.25, 0.3) is 0 Å². The average molecular weight is 351 g/mol. The molecule has 2 N–H and O–H groups in total. The summed E-state index contributed by atoms with van der Waals surface area (Å²) in [7, 11) is 0. The number of hydrogen-bond acceptors (Lipinski definition) is 2. The van der Waals surface area contributed by atoms with E-state index in [9.17, 15) is 9.18 Å². The van der Waals surface area contributed by atoms with Gasteiger partial charge in [-0.3, -0.25) is 4.79 Å². The van der Waals surface area contributed by atoms with Gasteiger partial charge in [0.2, 0.25) is 5.91 Å². The number of rotatable bonds is 5. The minimum atomic E-state index is -0.371. The fourth-order valence-electron chi connectivity index (χ4n) is 1.89. The van der Waals surface area contributed by atoms with E-state index in [0.29, 0.717) is 5.69 Å². The van der Waals surface area contributed by atoms with Crippen molar-refractivity contribution in [3.05, 3.63) is 64.4 Å². The maximum absolute atomic E-state index is 13.0. The van der Waals surface area contributed by atoms with Crippen LogP contribution in [0.5, 0.6) is 0 Å². The molecule has 0 saturated heterocycles. The normalized spacial score (nSPS) is 12.0. The van der Waals surface area contributed by atoms with Crippen LogP contribution in [0.2, 0.25) is 0 Å². The highest BCUT2D eigenvalue weighted by Gasteiger charge is 2.08. The Labute approximate surface area is 131 Å². The Hall–Kier alpha value is -1.72. The van der Waals surface area contributed by atoms with E-state index in [1.54, 1.807) is 12.1 Å². The van der Waals surface area contributed by atoms with Gasteiger partial charge in [0.15, 0.2) is 0 Å². The smallest absolute Gasteiger partial charge is 0.238 e. The molecule has 0 aromatic heterocycles. The van der Waals surface area contributed by atoms with Crippen molar-refractivity contribution in [1.82, 2.24) is 5.32 Å². The van der Waals surface area contributed by atoms with E-state index < -0.39 is 0 Å². The second kappa shape index (κ2) is 7.33. The number of anilines is 1. The molecule has 0 aliphatic rings. The Bertz CT molecular complexity index is 616. The Balaban J connectivity index is 1.84. The second-order valence-electron chi connectivity index (χ2n) is 4.71. The molecule has 0 radical (unpaired) electrons. The molecular weight excluding hydrogens is 335 g/mol. The van der Waals surface area contributed by atoms with E-state index >= 15 is 0 Å². The summed E-state index contributed by atoms with van der Waals surface area (Å²) in [6.45, 7) is 2.15. The Morgan fingerprint density at radius 3 is 2.62 bits per heavy atom. The minimum Gasteiger partial charge on any atom is -0.325 e. The predicted molar refractivity (Wildman–Crippen MR) is 85.6 cm³/mol. The lowest BCUT2D eigenvalue weighted by atomic mass is 10.1. The minimum absolute atomic E-state index is 0.0522. The molecule has 110 valence electrons. The Morgan fingerprint density at radius 1 is 1.24 bits per heavy atom. The van der Waals surface area contributed by atoms with Gasteiger partial charge >= 0.3 is 0 Å². The number of hydrogen-bond donors (Lipinski definition) is 2. The van der Waals surface area contributed by atoms with E-state index in [-0.39, 0.29) is 24.3 Å². The molecule has 5 heteroatoms. The zero-order chi connectivity index (χ0) is 15.2. The molecule has 0 heterocycles. The van der Waals surface area contributed by atoms with Gasteiger partial charge in [0, 0.05) is 16.2 Å². The second-order valence-corrected chi connectivity index (χ2v) is 5.63. The summed E-state index contributed by atoms with van der Waals surface area (Å²) >= 11 is 3.38. The lowest BCUT2D eigenvalue weighted by Crippen LogP contribution is -2.30. The van der Waals surface area contributed by atoms with Crippen LogP contribution in [-0.4, -0.2) is 12.5 Å². The molecule has 0 saturated carbocycles. The van der Waals surface area contributed by atoms with Crippen LogP contribution in [0, 0.1) is 5.82 Å². The molecule has 2 aromatic carbocycles. The topological polar surface area (TPSA) is 41.1 Å². The Morgan fingerprint density at radius 2 is 1.95 bits per heavy atom. The monoisotopic (exact) mass is 350 g/mol. The van der Waals surface area contributed by atoms with Gasteiger partial charge in [0.1, 0.15) is 5.82 Å². The van der Waals surface area contributed by atoms with Crippen molar-refractivity contribution < 1.29 is 9.18 Å². The summed E-state index contributed by atoms with van der Waals surface area (Å²) in [5.41, 5.74) is 1.55. The fraction of sp³-hybridized carbons (Fsp3) is 0.188. The molecule has 0 fully saturated rings. The fourth-order valence-corrected chi connectivity index (χ4v) is 2.15. The van der Waals surface area contributed by atoms with Crippen LogP contribution in [0.1, 0.15) is 18.5 Å². The molecule has 0 aliphatic heterocycles. The summed E-state index contributed by atoms with van der Waals surface area (Å²) in [4.78, 5) is 11.8. The van der Waals surface area contributed by atoms with Gasteiger partial charge in [-0.15, -0.1) is 0 Å². The highest BCUT2D eigenvalue weighted by Crippen LogP contribution is 2.16. The first-order valence-corrected chi connectivity index (χ1v) is 7.38. The first kappa shape index (κ1) is 15.7.